The maximum absolute atomic E-state index is 13.6. The Morgan fingerprint density at radius 1 is 0.881 bits per heavy atom. The number of rotatable bonds is 10. The molecule has 8 nitrogen and oxygen atoms in total. The third-order valence-electron chi connectivity index (χ3n) is 8.07. The highest BCUT2D eigenvalue weighted by Gasteiger charge is 2.30. The lowest BCUT2D eigenvalue weighted by Gasteiger charge is -2.29. The van der Waals surface area contributed by atoms with Crippen LogP contribution >= 0.6 is 0 Å². The van der Waals surface area contributed by atoms with Crippen molar-refractivity contribution in [3.8, 4) is 0 Å². The molecule has 0 radical (unpaired) electrons. The zero-order valence-corrected chi connectivity index (χ0v) is 26.5. The van der Waals surface area contributed by atoms with E-state index in [2.05, 4.69) is 16.0 Å². The standard InChI is InChI=1S/C34H54N4O4/c1-25(2)23-28(36-32(41)38-21-11-6-7-12-22-38)30(39)35-29(31(40)37-33(3,4)5)24-27-15-13-26(14-16-27)17-20-34(42)18-9-8-10-19-34/h13-17,20,25,28-29,42H,6-12,18-19,21-24H2,1-5H3,(H,35,39)(H,36,41)(H,37,40)/t28-,29-/m0/s1. The second kappa shape index (κ2) is 15.6. The molecule has 2 aliphatic rings. The number of amides is 4. The molecule has 1 aromatic rings. The first kappa shape index (κ1) is 33.6. The molecule has 1 aliphatic carbocycles. The normalized spacial score (nSPS) is 19.2. The molecule has 1 aliphatic heterocycles. The van der Waals surface area contributed by atoms with Gasteiger partial charge in [0, 0.05) is 25.0 Å². The lowest BCUT2D eigenvalue weighted by molar-refractivity contribution is -0.130. The number of likely N-dealkylation sites (tertiary alicyclic amines) is 1. The first-order valence-corrected chi connectivity index (χ1v) is 16.0. The largest absolute Gasteiger partial charge is 0.386 e. The van der Waals surface area contributed by atoms with E-state index in [-0.39, 0.29) is 23.8 Å². The summed E-state index contributed by atoms with van der Waals surface area (Å²) in [6.07, 6.45) is 13.7. The molecular weight excluding hydrogens is 528 g/mol. The predicted octanol–water partition coefficient (Wildman–Crippen LogP) is 5.34. The molecule has 42 heavy (non-hydrogen) atoms. The highest BCUT2D eigenvalue weighted by molar-refractivity contribution is 5.92. The van der Waals surface area contributed by atoms with Crippen LogP contribution in [-0.2, 0) is 16.0 Å². The Kier molecular flexibility index (Phi) is 12.5. The Morgan fingerprint density at radius 3 is 2.05 bits per heavy atom. The summed E-state index contributed by atoms with van der Waals surface area (Å²) in [4.78, 5) is 41.9. The third kappa shape index (κ3) is 11.4. The SMILES string of the molecule is CC(C)C[C@H](NC(=O)N1CCCCCC1)C(=O)N[C@@H](Cc1ccc(C=CC2(O)CCCCC2)cc1)C(=O)NC(C)(C)C. The van der Waals surface area contributed by atoms with Gasteiger partial charge in [0.25, 0.3) is 0 Å². The van der Waals surface area contributed by atoms with Crippen molar-refractivity contribution >= 4 is 23.9 Å². The van der Waals surface area contributed by atoms with E-state index in [1.165, 1.54) is 6.42 Å². The van der Waals surface area contributed by atoms with Crippen LogP contribution in [0, 0.1) is 5.92 Å². The lowest BCUT2D eigenvalue weighted by atomic mass is 9.84. The molecule has 234 valence electrons. The van der Waals surface area contributed by atoms with E-state index < -0.39 is 23.2 Å². The molecule has 4 amide bonds. The molecule has 2 atom stereocenters. The topological polar surface area (TPSA) is 111 Å². The van der Waals surface area contributed by atoms with E-state index in [1.807, 2.05) is 71.0 Å². The van der Waals surface area contributed by atoms with E-state index in [0.29, 0.717) is 25.9 Å². The van der Waals surface area contributed by atoms with Crippen LogP contribution in [0.15, 0.2) is 30.3 Å². The van der Waals surface area contributed by atoms with Gasteiger partial charge in [0.05, 0.1) is 5.60 Å². The number of hydrogen-bond acceptors (Lipinski definition) is 4. The first-order chi connectivity index (χ1) is 19.8. The van der Waals surface area contributed by atoms with Crippen molar-refractivity contribution in [1.29, 1.82) is 0 Å². The number of hydrogen-bond donors (Lipinski definition) is 4. The summed E-state index contributed by atoms with van der Waals surface area (Å²) < 4.78 is 0. The fourth-order valence-corrected chi connectivity index (χ4v) is 5.74. The molecule has 4 N–H and O–H groups in total. The van der Waals surface area contributed by atoms with Gasteiger partial charge >= 0.3 is 6.03 Å². The predicted molar refractivity (Wildman–Crippen MR) is 169 cm³/mol. The molecule has 0 unspecified atom stereocenters. The molecule has 0 bridgehead atoms. The van der Waals surface area contributed by atoms with Crippen LogP contribution in [0.5, 0.6) is 0 Å². The zero-order valence-electron chi connectivity index (χ0n) is 26.5. The second-order valence-electron chi connectivity index (χ2n) is 13.8. The number of carbonyl (C=O) groups excluding carboxylic acids is 3. The van der Waals surface area contributed by atoms with Crippen LogP contribution in [0.1, 0.15) is 110 Å². The summed E-state index contributed by atoms with van der Waals surface area (Å²) in [6.45, 7) is 11.2. The molecule has 1 aromatic carbocycles. The van der Waals surface area contributed by atoms with E-state index in [4.69, 9.17) is 0 Å². The maximum Gasteiger partial charge on any atom is 0.318 e. The van der Waals surface area contributed by atoms with Crippen molar-refractivity contribution in [2.75, 3.05) is 13.1 Å². The first-order valence-electron chi connectivity index (χ1n) is 16.0. The molecule has 2 fully saturated rings. The minimum atomic E-state index is -0.800. The van der Waals surface area contributed by atoms with Gasteiger partial charge < -0.3 is 26.0 Å². The summed E-state index contributed by atoms with van der Waals surface area (Å²) in [6, 6.07) is 6.12. The molecule has 1 saturated carbocycles. The molecule has 0 spiro atoms. The van der Waals surface area contributed by atoms with Crippen molar-refractivity contribution in [3.05, 3.63) is 41.5 Å². The van der Waals surface area contributed by atoms with Gasteiger partial charge in [0.2, 0.25) is 11.8 Å². The maximum atomic E-state index is 13.6. The molecular formula is C34H54N4O4. The van der Waals surface area contributed by atoms with E-state index >= 15 is 0 Å². The summed E-state index contributed by atoms with van der Waals surface area (Å²) in [5, 5.41) is 19.7. The van der Waals surface area contributed by atoms with Crippen LogP contribution < -0.4 is 16.0 Å². The summed E-state index contributed by atoms with van der Waals surface area (Å²) >= 11 is 0. The van der Waals surface area contributed by atoms with Gasteiger partial charge in [-0.2, -0.15) is 0 Å². The molecule has 1 saturated heterocycles. The monoisotopic (exact) mass is 582 g/mol. The van der Waals surface area contributed by atoms with Crippen LogP contribution in [0.25, 0.3) is 6.08 Å². The number of urea groups is 1. The summed E-state index contributed by atoms with van der Waals surface area (Å²) in [7, 11) is 0. The van der Waals surface area contributed by atoms with Crippen LogP contribution in [0.2, 0.25) is 0 Å². The lowest BCUT2D eigenvalue weighted by Crippen LogP contribution is -2.58. The van der Waals surface area contributed by atoms with E-state index in [9.17, 15) is 19.5 Å². The van der Waals surface area contributed by atoms with E-state index in [1.54, 1.807) is 4.90 Å². The summed E-state index contributed by atoms with van der Waals surface area (Å²) in [5.41, 5.74) is 0.691. The smallest absolute Gasteiger partial charge is 0.318 e. The van der Waals surface area contributed by atoms with Crippen molar-refractivity contribution in [3.63, 3.8) is 0 Å². The molecule has 3 rings (SSSR count). The molecule has 8 heteroatoms. The van der Waals surface area contributed by atoms with Gasteiger partial charge in [-0.25, -0.2) is 4.79 Å². The minimum absolute atomic E-state index is 0.180. The highest BCUT2D eigenvalue weighted by atomic mass is 16.3. The molecule has 0 aromatic heterocycles. The van der Waals surface area contributed by atoms with Crippen molar-refractivity contribution in [2.45, 2.75) is 128 Å². The zero-order chi connectivity index (χ0) is 30.8. The number of aliphatic hydroxyl groups is 1. The number of carbonyl (C=O) groups is 3. The van der Waals surface area contributed by atoms with Gasteiger partial charge in [-0.1, -0.05) is 82.4 Å². The number of nitrogens with zero attached hydrogens (tertiary/aromatic N) is 1. The fraction of sp³-hybridized carbons (Fsp3) is 0.676. The van der Waals surface area contributed by atoms with Crippen LogP contribution in [-0.4, -0.2) is 64.2 Å². The Morgan fingerprint density at radius 2 is 1.48 bits per heavy atom. The van der Waals surface area contributed by atoms with E-state index in [0.717, 1.165) is 62.5 Å². The van der Waals surface area contributed by atoms with Gasteiger partial charge in [-0.3, -0.25) is 9.59 Å². The molecule has 1 heterocycles. The quantitative estimate of drug-likeness (QED) is 0.299. The van der Waals surface area contributed by atoms with Gasteiger partial charge in [0.1, 0.15) is 12.1 Å². The fourth-order valence-electron chi connectivity index (χ4n) is 5.74. The van der Waals surface area contributed by atoms with Gasteiger partial charge in [0.15, 0.2) is 0 Å². The van der Waals surface area contributed by atoms with Crippen LogP contribution in [0.3, 0.4) is 0 Å². The average Bonchev–Trinajstić information content (AvgIpc) is 3.21. The summed E-state index contributed by atoms with van der Waals surface area (Å²) in [5.74, 6) is -0.429. The third-order valence-corrected chi connectivity index (χ3v) is 8.07. The second-order valence-corrected chi connectivity index (χ2v) is 13.8. The minimum Gasteiger partial charge on any atom is -0.386 e. The Bertz CT molecular complexity index is 1050. The van der Waals surface area contributed by atoms with Crippen molar-refractivity contribution in [2.24, 2.45) is 5.92 Å². The van der Waals surface area contributed by atoms with Crippen molar-refractivity contribution in [1.82, 2.24) is 20.9 Å². The highest BCUT2D eigenvalue weighted by Crippen LogP contribution is 2.29. The number of nitrogens with one attached hydrogen (secondary N) is 3. The average molecular weight is 583 g/mol. The van der Waals surface area contributed by atoms with Gasteiger partial charge in [-0.05, 0) is 69.9 Å². The number of benzene rings is 1. The Hall–Kier alpha value is -2.87. The van der Waals surface area contributed by atoms with Gasteiger partial charge in [-0.15, -0.1) is 0 Å². The Labute approximate surface area is 253 Å². The van der Waals surface area contributed by atoms with Crippen molar-refractivity contribution < 1.29 is 19.5 Å². The Balaban J connectivity index is 1.72. The van der Waals surface area contributed by atoms with Crippen LogP contribution in [0.4, 0.5) is 4.79 Å².